The van der Waals surface area contributed by atoms with Gasteiger partial charge in [0.05, 0.1) is 34.7 Å². The first-order valence-electron chi connectivity index (χ1n) is 10.5. The van der Waals surface area contributed by atoms with Crippen LogP contribution >= 0.6 is 11.6 Å². The molecule has 1 aromatic carbocycles. The zero-order chi connectivity index (χ0) is 24.2. The van der Waals surface area contributed by atoms with E-state index in [9.17, 15) is 22.8 Å². The summed E-state index contributed by atoms with van der Waals surface area (Å²) < 4.78 is 37.3. The van der Waals surface area contributed by atoms with Gasteiger partial charge in [-0.2, -0.15) is 4.31 Å². The Morgan fingerprint density at radius 2 is 1.79 bits per heavy atom. The number of urea groups is 1. The fourth-order valence-corrected chi connectivity index (χ4v) is 5.34. The lowest BCUT2D eigenvalue weighted by atomic mass is 9.98. The lowest BCUT2D eigenvalue weighted by Crippen LogP contribution is -2.50. The first-order valence-corrected chi connectivity index (χ1v) is 12.3. The van der Waals surface area contributed by atoms with E-state index in [1.165, 1.54) is 28.6 Å². The maximum Gasteiger partial charge on any atom is 0.338 e. The van der Waals surface area contributed by atoms with E-state index < -0.39 is 40.0 Å². The van der Waals surface area contributed by atoms with Crippen LogP contribution in [-0.4, -0.2) is 63.0 Å². The molecule has 0 aromatic heterocycles. The summed E-state index contributed by atoms with van der Waals surface area (Å²) in [6.45, 7) is 3.49. The molecule has 1 atom stereocenters. The van der Waals surface area contributed by atoms with Gasteiger partial charge in [-0.1, -0.05) is 11.6 Å². The van der Waals surface area contributed by atoms with Crippen molar-refractivity contribution in [2.24, 2.45) is 5.92 Å². The summed E-state index contributed by atoms with van der Waals surface area (Å²) in [6, 6.07) is 4.80. The van der Waals surface area contributed by atoms with Crippen molar-refractivity contribution in [2.45, 2.75) is 37.6 Å². The highest BCUT2D eigenvalue weighted by Crippen LogP contribution is 2.26. The van der Waals surface area contributed by atoms with Crippen molar-refractivity contribution in [3.05, 3.63) is 40.6 Å². The molecule has 1 aromatic rings. The van der Waals surface area contributed by atoms with Crippen LogP contribution in [0.3, 0.4) is 0 Å². The largest absolute Gasteiger partial charge is 0.463 e. The number of rotatable bonds is 7. The summed E-state index contributed by atoms with van der Waals surface area (Å²) in [5.74, 6) is -1.62. The van der Waals surface area contributed by atoms with Crippen molar-refractivity contribution in [1.29, 1.82) is 0 Å². The molecule has 2 N–H and O–H groups in total. The van der Waals surface area contributed by atoms with Crippen molar-refractivity contribution < 1.29 is 32.3 Å². The van der Waals surface area contributed by atoms with Gasteiger partial charge in [0.1, 0.15) is 6.61 Å². The molecule has 0 aliphatic carbocycles. The van der Waals surface area contributed by atoms with Crippen LogP contribution in [0.15, 0.2) is 40.4 Å². The number of ether oxygens (including phenoxy) is 2. The molecule has 33 heavy (non-hydrogen) atoms. The predicted octanol–water partition coefficient (Wildman–Crippen LogP) is 1.80. The fraction of sp³-hybridized carbons (Fsp3) is 0.476. The Kier molecular flexibility index (Phi) is 7.98. The average molecular weight is 500 g/mol. The third-order valence-electron chi connectivity index (χ3n) is 5.46. The van der Waals surface area contributed by atoms with Gasteiger partial charge in [0.25, 0.3) is 0 Å². The highest BCUT2D eigenvalue weighted by molar-refractivity contribution is 7.89. The Bertz CT molecular complexity index is 1050. The lowest BCUT2D eigenvalue weighted by molar-refractivity contribution is -0.149. The zero-order valence-corrected chi connectivity index (χ0v) is 19.9. The highest BCUT2D eigenvalue weighted by atomic mass is 35.5. The Morgan fingerprint density at radius 1 is 1.15 bits per heavy atom. The number of hydrogen-bond acceptors (Lipinski definition) is 7. The second-order valence-corrected chi connectivity index (χ2v) is 10.0. The normalized spacial score (nSPS) is 20.1. The molecule has 180 valence electrons. The number of amides is 2. The number of esters is 2. The van der Waals surface area contributed by atoms with E-state index in [0.29, 0.717) is 17.9 Å². The molecule has 0 bridgehead atoms. The third kappa shape index (κ3) is 5.84. The molecule has 0 saturated carbocycles. The molecule has 1 unspecified atom stereocenters. The maximum atomic E-state index is 12.8. The van der Waals surface area contributed by atoms with Gasteiger partial charge in [0.2, 0.25) is 10.0 Å². The summed E-state index contributed by atoms with van der Waals surface area (Å²) in [5.41, 5.74) is 0.355. The number of nitrogens with zero attached hydrogens (tertiary/aromatic N) is 1. The van der Waals surface area contributed by atoms with Crippen LogP contribution in [0.25, 0.3) is 0 Å². The SMILES string of the molecule is CCOC(=O)C1=C(COC(=O)C2CCN(S(=O)(=O)c3ccc(Cl)cc3)CC2)NC(=O)NC1C. The van der Waals surface area contributed by atoms with Crippen molar-refractivity contribution in [2.75, 3.05) is 26.3 Å². The Morgan fingerprint density at radius 3 is 2.39 bits per heavy atom. The number of nitrogens with one attached hydrogen (secondary N) is 2. The standard InChI is InChI=1S/C21H26ClN3O7S/c1-3-31-20(27)18-13(2)23-21(28)24-17(18)12-32-19(26)14-8-10-25(11-9-14)33(29,30)16-6-4-15(22)5-7-16/h4-7,13-14H,3,8-12H2,1-2H3,(H2,23,24,28). The quantitative estimate of drug-likeness (QED) is 0.547. The Labute approximate surface area is 197 Å². The number of benzene rings is 1. The number of piperidine rings is 1. The van der Waals surface area contributed by atoms with Gasteiger partial charge in [-0.15, -0.1) is 0 Å². The van der Waals surface area contributed by atoms with Crippen LogP contribution in [0.4, 0.5) is 4.79 Å². The summed E-state index contributed by atoms with van der Waals surface area (Å²) in [4.78, 5) is 36.8. The number of sulfonamides is 1. The fourth-order valence-electron chi connectivity index (χ4n) is 3.74. The van der Waals surface area contributed by atoms with Crippen LogP contribution in [0.1, 0.15) is 26.7 Å². The van der Waals surface area contributed by atoms with Crippen molar-refractivity contribution in [3.63, 3.8) is 0 Å². The number of carbonyl (C=O) groups is 3. The zero-order valence-electron chi connectivity index (χ0n) is 18.3. The van der Waals surface area contributed by atoms with Gasteiger partial charge >= 0.3 is 18.0 Å². The first kappa shape index (κ1) is 25.0. The molecule has 2 aliphatic rings. The minimum absolute atomic E-state index is 0.141. The number of halogens is 1. The van der Waals surface area contributed by atoms with E-state index in [1.807, 2.05) is 0 Å². The van der Waals surface area contributed by atoms with Gasteiger partial charge in [-0.05, 0) is 51.0 Å². The van der Waals surface area contributed by atoms with E-state index in [1.54, 1.807) is 13.8 Å². The Balaban J connectivity index is 1.60. The van der Waals surface area contributed by atoms with E-state index >= 15 is 0 Å². The van der Waals surface area contributed by atoms with E-state index in [4.69, 9.17) is 21.1 Å². The van der Waals surface area contributed by atoms with Gasteiger partial charge < -0.3 is 20.1 Å². The number of hydrogen-bond donors (Lipinski definition) is 2. The van der Waals surface area contributed by atoms with Crippen molar-refractivity contribution >= 4 is 39.6 Å². The average Bonchev–Trinajstić information content (AvgIpc) is 2.77. The summed E-state index contributed by atoms with van der Waals surface area (Å²) >= 11 is 5.83. The number of carbonyl (C=O) groups excluding carboxylic acids is 3. The topological polar surface area (TPSA) is 131 Å². The minimum Gasteiger partial charge on any atom is -0.463 e. The van der Waals surface area contributed by atoms with Crippen LogP contribution in [0, 0.1) is 5.92 Å². The van der Waals surface area contributed by atoms with Crippen molar-refractivity contribution in [1.82, 2.24) is 14.9 Å². The molecule has 2 amide bonds. The second-order valence-electron chi connectivity index (χ2n) is 7.67. The molecule has 2 heterocycles. The summed E-state index contributed by atoms with van der Waals surface area (Å²) in [7, 11) is -3.68. The molecular weight excluding hydrogens is 474 g/mol. The summed E-state index contributed by atoms with van der Waals surface area (Å²) in [6.07, 6.45) is 0.583. The van der Waals surface area contributed by atoms with E-state index in [2.05, 4.69) is 10.6 Å². The second kappa shape index (κ2) is 10.5. The van der Waals surface area contributed by atoms with Gasteiger partial charge in [-0.25, -0.2) is 18.0 Å². The van der Waals surface area contributed by atoms with E-state index in [-0.39, 0.29) is 42.5 Å². The van der Waals surface area contributed by atoms with Crippen LogP contribution in [0.5, 0.6) is 0 Å². The third-order valence-corrected chi connectivity index (χ3v) is 7.63. The Hall–Kier alpha value is -2.63. The highest BCUT2D eigenvalue weighted by Gasteiger charge is 2.34. The van der Waals surface area contributed by atoms with E-state index in [0.717, 1.165) is 0 Å². The maximum absolute atomic E-state index is 12.8. The van der Waals surface area contributed by atoms with Crippen molar-refractivity contribution in [3.8, 4) is 0 Å². The smallest absolute Gasteiger partial charge is 0.338 e. The lowest BCUT2D eigenvalue weighted by Gasteiger charge is -2.30. The predicted molar refractivity (Wildman–Crippen MR) is 119 cm³/mol. The van der Waals surface area contributed by atoms with Crippen LogP contribution in [-0.2, 0) is 29.1 Å². The molecule has 3 rings (SSSR count). The van der Waals surface area contributed by atoms with Crippen LogP contribution < -0.4 is 10.6 Å². The summed E-state index contributed by atoms with van der Waals surface area (Å²) in [5, 5.41) is 5.50. The monoisotopic (exact) mass is 499 g/mol. The molecule has 0 radical (unpaired) electrons. The molecular formula is C21H26ClN3O7S. The molecule has 1 fully saturated rings. The van der Waals surface area contributed by atoms with Crippen LogP contribution in [0.2, 0.25) is 5.02 Å². The van der Waals surface area contributed by atoms with Gasteiger partial charge in [-0.3, -0.25) is 4.79 Å². The first-order chi connectivity index (χ1) is 15.6. The molecule has 0 spiro atoms. The molecule has 10 nitrogen and oxygen atoms in total. The van der Waals surface area contributed by atoms with Gasteiger partial charge in [0, 0.05) is 18.1 Å². The van der Waals surface area contributed by atoms with Gasteiger partial charge in [0.15, 0.2) is 0 Å². The molecule has 2 aliphatic heterocycles. The molecule has 12 heteroatoms. The minimum atomic E-state index is -3.68. The molecule has 1 saturated heterocycles.